The second-order valence-corrected chi connectivity index (χ2v) is 9.90. The smallest absolute Gasteiger partial charge is 0.303 e. The standard InChI is InChI=1S/C30H33N3O11/c1-17(34)31-26-28(42-20(4)37)27(41-19(3)36)24(16-40-18(2)35)43-30(26)44-32-25-22-12-8-9-13-23(22)33(29(25)38)14-15-39-21-10-6-5-7-11-21/h5-13,24,26-28,30H,14-16H2,1-4H3,(H,31,34)/b32-25-. The van der Waals surface area contributed by atoms with Crippen molar-refractivity contribution in [3.8, 4) is 5.75 Å². The van der Waals surface area contributed by atoms with Gasteiger partial charge in [-0.3, -0.25) is 24.0 Å². The number of oxime groups is 1. The SMILES string of the molecule is CC(=O)NC1C(O/N=C2\C(=O)N(CCOc3ccccc3)c3ccccc32)OC(COC(C)=O)C(OC(C)=O)C1OC(C)=O. The average molecular weight is 612 g/mol. The molecule has 1 fully saturated rings. The average Bonchev–Trinajstić information content (AvgIpc) is 3.23. The van der Waals surface area contributed by atoms with Crippen LogP contribution < -0.4 is 15.0 Å². The van der Waals surface area contributed by atoms with Crippen LogP contribution in [0.5, 0.6) is 5.75 Å². The quantitative estimate of drug-likeness (QED) is 0.222. The lowest BCUT2D eigenvalue weighted by Crippen LogP contribution is -2.66. The van der Waals surface area contributed by atoms with Crippen LogP contribution in [0.25, 0.3) is 0 Å². The van der Waals surface area contributed by atoms with E-state index in [4.69, 9.17) is 28.5 Å². The number of carbonyl (C=O) groups is 5. The van der Waals surface area contributed by atoms with Gasteiger partial charge in [0.05, 0.1) is 12.2 Å². The maximum atomic E-state index is 13.5. The van der Waals surface area contributed by atoms with Crippen LogP contribution in [0.3, 0.4) is 0 Å². The fourth-order valence-corrected chi connectivity index (χ4v) is 4.83. The van der Waals surface area contributed by atoms with Crippen LogP contribution in [-0.2, 0) is 47.8 Å². The van der Waals surface area contributed by atoms with Gasteiger partial charge in [-0.1, -0.05) is 41.6 Å². The molecule has 0 spiro atoms. The molecule has 2 heterocycles. The molecule has 1 N–H and O–H groups in total. The Labute approximate surface area is 253 Å². The van der Waals surface area contributed by atoms with Crippen LogP contribution in [0, 0.1) is 0 Å². The zero-order chi connectivity index (χ0) is 31.8. The fourth-order valence-electron chi connectivity index (χ4n) is 4.83. The van der Waals surface area contributed by atoms with Gasteiger partial charge in [0.25, 0.3) is 12.2 Å². The number of rotatable bonds is 11. The van der Waals surface area contributed by atoms with Crippen molar-refractivity contribution in [2.24, 2.45) is 5.16 Å². The maximum absolute atomic E-state index is 13.5. The van der Waals surface area contributed by atoms with Crippen molar-refractivity contribution >= 4 is 41.1 Å². The Morgan fingerprint density at radius 1 is 0.886 bits per heavy atom. The summed E-state index contributed by atoms with van der Waals surface area (Å²) < 4.78 is 27.7. The number of esters is 3. The summed E-state index contributed by atoms with van der Waals surface area (Å²) in [6.07, 6.45) is -5.30. The summed E-state index contributed by atoms with van der Waals surface area (Å²) in [5, 5.41) is 6.71. The molecule has 1 saturated heterocycles. The minimum Gasteiger partial charge on any atom is -0.492 e. The minimum absolute atomic E-state index is 0.0480. The monoisotopic (exact) mass is 611 g/mol. The summed E-state index contributed by atoms with van der Waals surface area (Å²) in [6.45, 7) is 4.65. The summed E-state index contributed by atoms with van der Waals surface area (Å²) in [5.74, 6) is -2.51. The number of anilines is 1. The molecule has 0 bridgehead atoms. The lowest BCUT2D eigenvalue weighted by atomic mass is 9.96. The molecule has 0 saturated carbocycles. The maximum Gasteiger partial charge on any atom is 0.303 e. The van der Waals surface area contributed by atoms with Crippen molar-refractivity contribution in [3.63, 3.8) is 0 Å². The minimum atomic E-state index is -1.47. The number of ether oxygens (including phenoxy) is 5. The van der Waals surface area contributed by atoms with E-state index in [0.29, 0.717) is 17.0 Å². The molecule has 2 aromatic rings. The first-order valence-corrected chi connectivity index (χ1v) is 13.8. The van der Waals surface area contributed by atoms with E-state index >= 15 is 0 Å². The largest absolute Gasteiger partial charge is 0.492 e. The Morgan fingerprint density at radius 3 is 2.20 bits per heavy atom. The number of hydrogen-bond acceptors (Lipinski definition) is 12. The molecule has 4 rings (SSSR count). The normalized spacial score (nSPS) is 23.4. The first-order chi connectivity index (χ1) is 21.0. The van der Waals surface area contributed by atoms with Gasteiger partial charge in [0.15, 0.2) is 17.9 Å². The molecule has 0 aliphatic carbocycles. The lowest BCUT2D eigenvalue weighted by Gasteiger charge is -2.43. The third kappa shape index (κ3) is 7.89. The number of fused-ring (bicyclic) bond motifs is 1. The number of hydrogen-bond donors (Lipinski definition) is 1. The number of nitrogens with zero attached hydrogens (tertiary/aromatic N) is 2. The van der Waals surface area contributed by atoms with Crippen LogP contribution in [-0.4, -0.2) is 85.8 Å². The fraction of sp³-hybridized carbons (Fsp3) is 0.400. The number of benzene rings is 2. The Hall–Kier alpha value is -4.98. The van der Waals surface area contributed by atoms with Crippen LogP contribution in [0.15, 0.2) is 59.8 Å². The summed E-state index contributed by atoms with van der Waals surface area (Å²) >= 11 is 0. The number of nitrogens with one attached hydrogen (secondary N) is 1. The molecule has 44 heavy (non-hydrogen) atoms. The van der Waals surface area contributed by atoms with Crippen LogP contribution in [0.2, 0.25) is 0 Å². The topological polar surface area (TPSA) is 168 Å². The van der Waals surface area contributed by atoms with E-state index < -0.39 is 67.0 Å². The highest BCUT2D eigenvalue weighted by Crippen LogP contribution is 2.31. The highest BCUT2D eigenvalue weighted by atomic mass is 16.8. The lowest BCUT2D eigenvalue weighted by molar-refractivity contribution is -0.278. The molecule has 2 aromatic carbocycles. The van der Waals surface area contributed by atoms with Crippen molar-refractivity contribution in [3.05, 3.63) is 60.2 Å². The van der Waals surface area contributed by atoms with Crippen LogP contribution >= 0.6 is 0 Å². The zero-order valence-corrected chi connectivity index (χ0v) is 24.6. The van der Waals surface area contributed by atoms with Crippen molar-refractivity contribution < 1.29 is 52.5 Å². The second-order valence-electron chi connectivity index (χ2n) is 9.90. The molecule has 2 amide bonds. The summed E-state index contributed by atoms with van der Waals surface area (Å²) in [4.78, 5) is 68.6. The Balaban J connectivity index is 1.62. The molecule has 0 aromatic heterocycles. The van der Waals surface area contributed by atoms with Gasteiger partial charge in [-0.25, -0.2) is 0 Å². The summed E-state index contributed by atoms with van der Waals surface area (Å²) in [6, 6.07) is 14.9. The molecule has 0 radical (unpaired) electrons. The molecule has 5 atom stereocenters. The van der Waals surface area contributed by atoms with Crippen molar-refractivity contribution in [1.82, 2.24) is 5.32 Å². The number of para-hydroxylation sites is 2. The molecule has 2 aliphatic rings. The summed E-state index contributed by atoms with van der Waals surface area (Å²) in [7, 11) is 0. The predicted molar refractivity (Wildman–Crippen MR) is 152 cm³/mol. The van der Waals surface area contributed by atoms with Gasteiger partial charge in [0, 0.05) is 33.3 Å². The molecule has 14 nitrogen and oxygen atoms in total. The third-order valence-corrected chi connectivity index (χ3v) is 6.54. The highest BCUT2D eigenvalue weighted by molar-refractivity contribution is 6.54. The first-order valence-electron chi connectivity index (χ1n) is 13.8. The van der Waals surface area contributed by atoms with Gasteiger partial charge in [-0.15, -0.1) is 0 Å². The molecular weight excluding hydrogens is 578 g/mol. The highest BCUT2D eigenvalue weighted by Gasteiger charge is 2.52. The van der Waals surface area contributed by atoms with Gasteiger partial charge in [0.1, 0.15) is 31.1 Å². The molecule has 5 unspecified atom stereocenters. The summed E-state index contributed by atoms with van der Waals surface area (Å²) in [5.41, 5.74) is 1.02. The van der Waals surface area contributed by atoms with E-state index in [0.717, 1.165) is 13.8 Å². The number of amides is 2. The third-order valence-electron chi connectivity index (χ3n) is 6.54. The van der Waals surface area contributed by atoms with E-state index in [1.807, 2.05) is 18.2 Å². The second kappa shape index (κ2) is 14.5. The Morgan fingerprint density at radius 2 is 1.55 bits per heavy atom. The zero-order valence-electron chi connectivity index (χ0n) is 24.6. The number of carbonyl (C=O) groups excluding carboxylic acids is 5. The Bertz CT molecular complexity index is 1410. The van der Waals surface area contributed by atoms with Crippen molar-refractivity contribution in [2.75, 3.05) is 24.7 Å². The molecule has 2 aliphatic heterocycles. The van der Waals surface area contributed by atoms with E-state index in [2.05, 4.69) is 10.5 Å². The predicted octanol–water partition coefficient (Wildman–Crippen LogP) is 1.49. The molecule has 234 valence electrons. The van der Waals surface area contributed by atoms with E-state index in [1.54, 1.807) is 36.4 Å². The molecule has 14 heteroatoms. The van der Waals surface area contributed by atoms with Gasteiger partial charge in [-0.2, -0.15) is 0 Å². The first kappa shape index (κ1) is 31.9. The van der Waals surface area contributed by atoms with Gasteiger partial charge in [-0.05, 0) is 18.2 Å². The van der Waals surface area contributed by atoms with Crippen molar-refractivity contribution in [1.29, 1.82) is 0 Å². The van der Waals surface area contributed by atoms with Gasteiger partial charge < -0.3 is 38.7 Å². The molecular formula is C30H33N3O11. The Kier molecular flexibility index (Phi) is 10.5. The van der Waals surface area contributed by atoms with Crippen molar-refractivity contribution in [2.45, 2.75) is 58.3 Å². The van der Waals surface area contributed by atoms with E-state index in [1.165, 1.54) is 18.7 Å². The van der Waals surface area contributed by atoms with E-state index in [9.17, 15) is 24.0 Å². The van der Waals surface area contributed by atoms with Gasteiger partial charge >= 0.3 is 17.9 Å². The van der Waals surface area contributed by atoms with Gasteiger partial charge in [0.2, 0.25) is 5.91 Å². The van der Waals surface area contributed by atoms with Crippen LogP contribution in [0.1, 0.15) is 33.3 Å². The van der Waals surface area contributed by atoms with E-state index in [-0.39, 0.29) is 18.9 Å². The van der Waals surface area contributed by atoms with Crippen LogP contribution in [0.4, 0.5) is 5.69 Å².